The average Bonchev–Trinajstić information content (AvgIpc) is 3.27. The maximum atomic E-state index is 12.4. The van der Waals surface area contributed by atoms with Gasteiger partial charge in [-0.05, 0) is 36.4 Å². The molecule has 0 radical (unpaired) electrons. The van der Waals surface area contributed by atoms with Gasteiger partial charge < -0.3 is 19.2 Å². The highest BCUT2D eigenvalue weighted by atomic mass is 16.5. The normalized spacial score (nSPS) is 10.2. The van der Waals surface area contributed by atoms with E-state index in [0.29, 0.717) is 11.3 Å². The van der Waals surface area contributed by atoms with Gasteiger partial charge in [0.1, 0.15) is 5.75 Å². The SMILES string of the molecule is COc1ccccc1C(=O)COC(=O)c1ccccc1NC(=O)c1ccco1. The van der Waals surface area contributed by atoms with E-state index in [-0.39, 0.29) is 17.0 Å². The molecule has 0 aliphatic heterocycles. The van der Waals surface area contributed by atoms with Crippen molar-refractivity contribution in [3.8, 4) is 5.75 Å². The van der Waals surface area contributed by atoms with Crippen molar-refractivity contribution >= 4 is 23.3 Å². The van der Waals surface area contributed by atoms with E-state index < -0.39 is 24.3 Å². The van der Waals surface area contributed by atoms with E-state index in [1.54, 1.807) is 48.5 Å². The number of furan rings is 1. The molecular weight excluding hydrogens is 362 g/mol. The van der Waals surface area contributed by atoms with E-state index in [1.807, 2.05) is 0 Å². The van der Waals surface area contributed by atoms with Gasteiger partial charge in [0, 0.05) is 0 Å². The van der Waals surface area contributed by atoms with Crippen LogP contribution in [-0.4, -0.2) is 31.4 Å². The summed E-state index contributed by atoms with van der Waals surface area (Å²) in [6.45, 7) is -0.459. The Kier molecular flexibility index (Phi) is 5.86. The second kappa shape index (κ2) is 8.68. The zero-order valence-corrected chi connectivity index (χ0v) is 15.0. The maximum absolute atomic E-state index is 12.4. The standard InChI is InChI=1S/C21H17NO6/c1-26-18-10-5-3-8-15(18)17(23)13-28-21(25)14-7-2-4-9-16(14)22-20(24)19-11-6-12-27-19/h2-12H,13H2,1H3,(H,22,24). The van der Waals surface area contributed by atoms with Crippen LogP contribution in [-0.2, 0) is 4.74 Å². The lowest BCUT2D eigenvalue weighted by atomic mass is 10.1. The summed E-state index contributed by atoms with van der Waals surface area (Å²) in [4.78, 5) is 36.9. The quantitative estimate of drug-likeness (QED) is 0.498. The first kappa shape index (κ1) is 18.9. The molecule has 0 saturated carbocycles. The zero-order valence-electron chi connectivity index (χ0n) is 15.0. The number of benzene rings is 2. The van der Waals surface area contributed by atoms with Crippen LogP contribution in [0, 0.1) is 0 Å². The van der Waals surface area contributed by atoms with Crippen LogP contribution in [0.25, 0.3) is 0 Å². The molecule has 0 fully saturated rings. The lowest BCUT2D eigenvalue weighted by molar-refractivity contribution is 0.0475. The van der Waals surface area contributed by atoms with Crippen LogP contribution in [0.2, 0.25) is 0 Å². The molecule has 0 aliphatic rings. The number of Topliss-reactive ketones (excluding diaryl/α,β-unsaturated/α-hetero) is 1. The van der Waals surface area contributed by atoms with Crippen molar-refractivity contribution in [1.82, 2.24) is 0 Å². The van der Waals surface area contributed by atoms with Gasteiger partial charge in [0.25, 0.3) is 5.91 Å². The lowest BCUT2D eigenvalue weighted by Gasteiger charge is -2.11. The number of esters is 1. The second-order valence-corrected chi connectivity index (χ2v) is 5.68. The highest BCUT2D eigenvalue weighted by Gasteiger charge is 2.19. The summed E-state index contributed by atoms with van der Waals surface area (Å²) in [6, 6.07) is 16.1. The first-order valence-electron chi connectivity index (χ1n) is 8.37. The predicted octanol–water partition coefficient (Wildman–Crippen LogP) is 3.58. The molecule has 3 aromatic rings. The number of rotatable bonds is 7. The molecule has 0 saturated heterocycles. The van der Waals surface area contributed by atoms with Crippen molar-refractivity contribution in [2.75, 3.05) is 19.0 Å². The van der Waals surface area contributed by atoms with E-state index in [9.17, 15) is 14.4 Å². The Morgan fingerprint density at radius 3 is 2.36 bits per heavy atom. The number of hydrogen-bond acceptors (Lipinski definition) is 6. The molecule has 0 unspecified atom stereocenters. The molecule has 1 aromatic heterocycles. The lowest BCUT2D eigenvalue weighted by Crippen LogP contribution is -2.18. The van der Waals surface area contributed by atoms with Crippen LogP contribution < -0.4 is 10.1 Å². The summed E-state index contributed by atoms with van der Waals surface area (Å²) < 4.78 is 15.3. The Balaban J connectivity index is 1.69. The summed E-state index contributed by atoms with van der Waals surface area (Å²) in [6.07, 6.45) is 1.37. The molecule has 7 heteroatoms. The predicted molar refractivity (Wildman–Crippen MR) is 101 cm³/mol. The molecular formula is C21H17NO6. The number of para-hydroxylation sites is 2. The fraction of sp³-hybridized carbons (Fsp3) is 0.0952. The number of ether oxygens (including phenoxy) is 2. The van der Waals surface area contributed by atoms with Crippen molar-refractivity contribution in [3.05, 3.63) is 83.8 Å². The van der Waals surface area contributed by atoms with Gasteiger partial charge in [-0.3, -0.25) is 9.59 Å². The molecule has 0 atom stereocenters. The molecule has 1 amide bonds. The summed E-state index contributed by atoms with van der Waals surface area (Å²) >= 11 is 0. The highest BCUT2D eigenvalue weighted by molar-refractivity contribution is 6.07. The number of methoxy groups -OCH3 is 1. The van der Waals surface area contributed by atoms with Crippen LogP contribution in [0.15, 0.2) is 71.3 Å². The van der Waals surface area contributed by atoms with Crippen LogP contribution in [0.3, 0.4) is 0 Å². The molecule has 2 aromatic carbocycles. The van der Waals surface area contributed by atoms with Gasteiger partial charge in [0.15, 0.2) is 12.4 Å². The molecule has 142 valence electrons. The smallest absolute Gasteiger partial charge is 0.340 e. The van der Waals surface area contributed by atoms with Crippen molar-refractivity contribution in [2.45, 2.75) is 0 Å². The second-order valence-electron chi connectivity index (χ2n) is 5.68. The van der Waals surface area contributed by atoms with Crippen LogP contribution in [0.4, 0.5) is 5.69 Å². The molecule has 7 nitrogen and oxygen atoms in total. The number of amides is 1. The third-order valence-electron chi connectivity index (χ3n) is 3.88. The Bertz CT molecular complexity index is 994. The Hall–Kier alpha value is -3.87. The van der Waals surface area contributed by atoms with E-state index in [1.165, 1.54) is 25.5 Å². The van der Waals surface area contributed by atoms with E-state index in [0.717, 1.165) is 0 Å². The third kappa shape index (κ3) is 4.27. The van der Waals surface area contributed by atoms with Crippen molar-refractivity contribution in [3.63, 3.8) is 0 Å². The first-order chi connectivity index (χ1) is 13.6. The Morgan fingerprint density at radius 1 is 0.929 bits per heavy atom. The average molecular weight is 379 g/mol. The monoisotopic (exact) mass is 379 g/mol. The molecule has 0 bridgehead atoms. The van der Waals surface area contributed by atoms with Gasteiger partial charge in [-0.15, -0.1) is 0 Å². The fourth-order valence-corrected chi connectivity index (χ4v) is 2.52. The zero-order chi connectivity index (χ0) is 19.9. The van der Waals surface area contributed by atoms with Crippen LogP contribution in [0.1, 0.15) is 31.3 Å². The molecule has 28 heavy (non-hydrogen) atoms. The van der Waals surface area contributed by atoms with Gasteiger partial charge >= 0.3 is 5.97 Å². The maximum Gasteiger partial charge on any atom is 0.340 e. The molecule has 0 spiro atoms. The minimum absolute atomic E-state index is 0.106. The fourth-order valence-electron chi connectivity index (χ4n) is 2.52. The molecule has 1 heterocycles. The topological polar surface area (TPSA) is 94.8 Å². The Labute approximate surface area is 160 Å². The van der Waals surface area contributed by atoms with Gasteiger partial charge in [0.2, 0.25) is 5.78 Å². The van der Waals surface area contributed by atoms with Crippen molar-refractivity contribution < 1.29 is 28.3 Å². The third-order valence-corrected chi connectivity index (χ3v) is 3.88. The minimum atomic E-state index is -0.737. The van der Waals surface area contributed by atoms with Gasteiger partial charge in [-0.2, -0.15) is 0 Å². The Morgan fingerprint density at radius 2 is 1.64 bits per heavy atom. The van der Waals surface area contributed by atoms with Gasteiger partial charge in [-0.1, -0.05) is 24.3 Å². The summed E-state index contributed by atoms with van der Waals surface area (Å²) in [5, 5.41) is 2.59. The summed E-state index contributed by atoms with van der Waals surface area (Å²) in [5.74, 6) is -1.14. The number of nitrogens with one attached hydrogen (secondary N) is 1. The first-order valence-corrected chi connectivity index (χ1v) is 8.37. The van der Waals surface area contributed by atoms with E-state index >= 15 is 0 Å². The van der Waals surface area contributed by atoms with Gasteiger partial charge in [0.05, 0.1) is 30.2 Å². The molecule has 1 N–H and O–H groups in total. The number of carbonyl (C=O) groups excluding carboxylic acids is 3. The highest BCUT2D eigenvalue weighted by Crippen LogP contribution is 2.20. The summed E-state index contributed by atoms with van der Waals surface area (Å²) in [7, 11) is 1.45. The van der Waals surface area contributed by atoms with E-state index in [4.69, 9.17) is 13.9 Å². The number of ketones is 1. The molecule has 3 rings (SSSR count). The van der Waals surface area contributed by atoms with E-state index in [2.05, 4.69) is 5.32 Å². The minimum Gasteiger partial charge on any atom is -0.496 e. The number of hydrogen-bond donors (Lipinski definition) is 1. The summed E-state index contributed by atoms with van der Waals surface area (Å²) in [5.41, 5.74) is 0.686. The number of anilines is 1. The van der Waals surface area contributed by atoms with Crippen molar-refractivity contribution in [1.29, 1.82) is 0 Å². The number of carbonyl (C=O) groups is 3. The van der Waals surface area contributed by atoms with Crippen LogP contribution >= 0.6 is 0 Å². The van der Waals surface area contributed by atoms with Gasteiger partial charge in [-0.25, -0.2) is 4.79 Å². The largest absolute Gasteiger partial charge is 0.496 e. The van der Waals surface area contributed by atoms with Crippen LogP contribution in [0.5, 0.6) is 5.75 Å². The van der Waals surface area contributed by atoms with Crippen molar-refractivity contribution in [2.24, 2.45) is 0 Å². The molecule has 0 aliphatic carbocycles.